The van der Waals surface area contributed by atoms with E-state index in [4.69, 9.17) is 0 Å². The Kier molecular flexibility index (Phi) is 4.96. The average molecular weight is 446 g/mol. The SMILES string of the molecule is Cc1cc([N+](=O)[O-])ccc1NC(=O)NCc1ccc(N2C(=O)C3C4C=CC(C4)C3C2=O)cc1. The molecule has 2 aliphatic carbocycles. The van der Waals surface area contributed by atoms with Crippen molar-refractivity contribution in [1.29, 1.82) is 0 Å². The van der Waals surface area contributed by atoms with E-state index in [1.165, 1.54) is 23.1 Å². The number of non-ortho nitro benzene ring substituents is 1. The van der Waals surface area contributed by atoms with Gasteiger partial charge in [-0.3, -0.25) is 24.6 Å². The highest BCUT2D eigenvalue weighted by atomic mass is 16.6. The van der Waals surface area contributed by atoms with Crippen molar-refractivity contribution in [3.8, 4) is 0 Å². The summed E-state index contributed by atoms with van der Waals surface area (Å²) in [5.74, 6) is -0.373. The first-order valence-electron chi connectivity index (χ1n) is 10.8. The molecule has 4 amide bonds. The number of benzene rings is 2. The highest BCUT2D eigenvalue weighted by Crippen LogP contribution is 2.53. The van der Waals surface area contributed by atoms with Crippen molar-refractivity contribution in [3.63, 3.8) is 0 Å². The number of nitro groups is 1. The second-order valence-electron chi connectivity index (χ2n) is 8.74. The van der Waals surface area contributed by atoms with E-state index in [-0.39, 0.29) is 47.7 Å². The normalized spacial score (nSPS) is 24.8. The van der Waals surface area contributed by atoms with Crippen LogP contribution >= 0.6 is 0 Å². The van der Waals surface area contributed by atoms with Crippen molar-refractivity contribution in [3.05, 3.63) is 75.9 Å². The van der Waals surface area contributed by atoms with Gasteiger partial charge >= 0.3 is 6.03 Å². The van der Waals surface area contributed by atoms with Crippen LogP contribution in [0, 0.1) is 40.7 Å². The number of anilines is 2. The number of nitro benzene ring substituents is 1. The maximum Gasteiger partial charge on any atom is 0.319 e. The molecule has 4 unspecified atom stereocenters. The predicted octanol–water partition coefficient (Wildman–Crippen LogP) is 3.54. The molecule has 9 heteroatoms. The molecule has 1 saturated heterocycles. The Morgan fingerprint density at radius 2 is 1.70 bits per heavy atom. The van der Waals surface area contributed by atoms with Crippen LogP contribution in [0.25, 0.3) is 0 Å². The van der Waals surface area contributed by atoms with Crippen LogP contribution < -0.4 is 15.5 Å². The Labute approximate surface area is 189 Å². The van der Waals surface area contributed by atoms with Gasteiger partial charge in [-0.1, -0.05) is 24.3 Å². The van der Waals surface area contributed by atoms with Crippen LogP contribution in [0.2, 0.25) is 0 Å². The molecular weight excluding hydrogens is 424 g/mol. The van der Waals surface area contributed by atoms with Gasteiger partial charge in [-0.15, -0.1) is 0 Å². The summed E-state index contributed by atoms with van der Waals surface area (Å²) in [7, 11) is 0. The third-order valence-electron chi connectivity index (χ3n) is 6.79. The zero-order valence-corrected chi connectivity index (χ0v) is 17.9. The number of nitrogens with one attached hydrogen (secondary N) is 2. The standard InChI is InChI=1S/C24H22N4O5/c1-13-10-18(28(32)33)8-9-19(13)26-24(31)25-12-14-2-6-17(7-3-14)27-22(29)20-15-4-5-16(11-15)21(20)23(27)30/h2-10,15-16,20-21H,11-12H2,1H3,(H2,25,26,31). The summed E-state index contributed by atoms with van der Waals surface area (Å²) in [6.07, 6.45) is 5.03. The molecule has 2 aromatic rings. The monoisotopic (exact) mass is 446 g/mol. The molecule has 5 rings (SSSR count). The number of hydrogen-bond donors (Lipinski definition) is 2. The molecule has 2 bridgehead atoms. The number of nitrogens with zero attached hydrogens (tertiary/aromatic N) is 2. The maximum atomic E-state index is 12.9. The molecule has 4 atom stereocenters. The minimum absolute atomic E-state index is 0.0407. The highest BCUT2D eigenvalue weighted by Gasteiger charge is 2.59. The number of carbonyl (C=O) groups is 3. The summed E-state index contributed by atoms with van der Waals surface area (Å²) in [4.78, 5) is 49.7. The highest BCUT2D eigenvalue weighted by molar-refractivity contribution is 6.22. The van der Waals surface area contributed by atoms with Crippen LogP contribution in [-0.2, 0) is 16.1 Å². The van der Waals surface area contributed by atoms with Crippen molar-refractivity contribution in [1.82, 2.24) is 5.32 Å². The second-order valence-corrected chi connectivity index (χ2v) is 8.74. The lowest BCUT2D eigenvalue weighted by atomic mass is 9.85. The minimum atomic E-state index is -0.489. The van der Waals surface area contributed by atoms with Gasteiger partial charge in [-0.25, -0.2) is 4.79 Å². The molecule has 168 valence electrons. The number of allylic oxidation sites excluding steroid dienone is 2. The minimum Gasteiger partial charge on any atom is -0.334 e. The first-order chi connectivity index (χ1) is 15.8. The molecule has 1 aliphatic heterocycles. The summed E-state index contributed by atoms with van der Waals surface area (Å²) >= 11 is 0. The van der Waals surface area contributed by atoms with Gasteiger partial charge in [0.15, 0.2) is 0 Å². The van der Waals surface area contributed by atoms with E-state index in [9.17, 15) is 24.5 Å². The number of hydrogen-bond acceptors (Lipinski definition) is 5. The second kappa shape index (κ2) is 7.84. The van der Waals surface area contributed by atoms with E-state index in [1.54, 1.807) is 31.2 Å². The molecule has 0 spiro atoms. The quantitative estimate of drug-likeness (QED) is 0.315. The van der Waals surface area contributed by atoms with E-state index in [0.29, 0.717) is 16.9 Å². The Morgan fingerprint density at radius 3 is 2.27 bits per heavy atom. The molecule has 2 aromatic carbocycles. The summed E-state index contributed by atoms with van der Waals surface area (Å²) in [6, 6.07) is 10.8. The first kappa shape index (κ1) is 20.9. The molecular formula is C24H22N4O5. The van der Waals surface area contributed by atoms with Gasteiger partial charge in [-0.05, 0) is 54.5 Å². The van der Waals surface area contributed by atoms with E-state index < -0.39 is 11.0 Å². The lowest BCUT2D eigenvalue weighted by molar-refractivity contribution is -0.384. The number of carbonyl (C=O) groups excluding carboxylic acids is 3. The van der Waals surface area contributed by atoms with E-state index in [1.807, 2.05) is 0 Å². The molecule has 2 N–H and O–H groups in total. The van der Waals surface area contributed by atoms with Crippen molar-refractivity contribution < 1.29 is 19.3 Å². The van der Waals surface area contributed by atoms with Crippen LogP contribution in [0.4, 0.5) is 21.9 Å². The number of imide groups is 1. The van der Waals surface area contributed by atoms with Gasteiger partial charge in [-0.2, -0.15) is 0 Å². The van der Waals surface area contributed by atoms with Crippen molar-refractivity contribution in [2.45, 2.75) is 19.9 Å². The lowest BCUT2D eigenvalue weighted by Gasteiger charge is -2.17. The number of fused-ring (bicyclic) bond motifs is 5. The molecule has 0 aromatic heterocycles. The van der Waals surface area contributed by atoms with Gasteiger partial charge in [0.05, 0.1) is 22.4 Å². The maximum absolute atomic E-state index is 12.9. The van der Waals surface area contributed by atoms with Gasteiger partial charge < -0.3 is 10.6 Å². The van der Waals surface area contributed by atoms with Gasteiger partial charge in [0, 0.05) is 24.4 Å². The molecule has 0 radical (unpaired) electrons. The average Bonchev–Trinajstić information content (AvgIpc) is 3.48. The van der Waals surface area contributed by atoms with Gasteiger partial charge in [0.1, 0.15) is 0 Å². The molecule has 33 heavy (non-hydrogen) atoms. The zero-order chi connectivity index (χ0) is 23.3. The number of rotatable bonds is 5. The number of aryl methyl sites for hydroxylation is 1. The third-order valence-corrected chi connectivity index (χ3v) is 6.79. The molecule has 3 aliphatic rings. The molecule has 1 heterocycles. The number of amides is 4. The van der Waals surface area contributed by atoms with Crippen LogP contribution in [0.3, 0.4) is 0 Å². The van der Waals surface area contributed by atoms with E-state index in [2.05, 4.69) is 22.8 Å². The molecule has 1 saturated carbocycles. The van der Waals surface area contributed by atoms with Crippen molar-refractivity contribution in [2.75, 3.05) is 10.2 Å². The van der Waals surface area contributed by atoms with Crippen LogP contribution in [0.15, 0.2) is 54.6 Å². The lowest BCUT2D eigenvalue weighted by Crippen LogP contribution is -2.32. The Hall–Kier alpha value is -4.01. The van der Waals surface area contributed by atoms with Crippen LogP contribution in [0.1, 0.15) is 17.5 Å². The fourth-order valence-electron chi connectivity index (χ4n) is 5.17. The van der Waals surface area contributed by atoms with Gasteiger partial charge in [0.2, 0.25) is 11.8 Å². The molecule has 9 nitrogen and oxygen atoms in total. The van der Waals surface area contributed by atoms with E-state index in [0.717, 1.165) is 12.0 Å². The topological polar surface area (TPSA) is 122 Å². The summed E-state index contributed by atoms with van der Waals surface area (Å²) in [6.45, 7) is 1.91. The Morgan fingerprint density at radius 1 is 1.06 bits per heavy atom. The summed E-state index contributed by atoms with van der Waals surface area (Å²) in [5, 5.41) is 16.2. The van der Waals surface area contributed by atoms with Crippen molar-refractivity contribution in [2.24, 2.45) is 23.7 Å². The zero-order valence-electron chi connectivity index (χ0n) is 17.9. The summed E-state index contributed by atoms with van der Waals surface area (Å²) < 4.78 is 0. The third kappa shape index (κ3) is 3.55. The van der Waals surface area contributed by atoms with Crippen molar-refractivity contribution >= 4 is 34.9 Å². The number of urea groups is 1. The Balaban J connectivity index is 1.20. The van der Waals surface area contributed by atoms with E-state index >= 15 is 0 Å². The van der Waals surface area contributed by atoms with Crippen LogP contribution in [-0.4, -0.2) is 22.8 Å². The largest absolute Gasteiger partial charge is 0.334 e. The Bertz CT molecular complexity index is 1180. The van der Waals surface area contributed by atoms with Gasteiger partial charge in [0.25, 0.3) is 5.69 Å². The van der Waals surface area contributed by atoms with Crippen LogP contribution in [0.5, 0.6) is 0 Å². The molecule has 2 fully saturated rings. The predicted molar refractivity (Wildman–Crippen MR) is 120 cm³/mol. The fraction of sp³-hybridized carbons (Fsp3) is 0.292. The fourth-order valence-corrected chi connectivity index (χ4v) is 5.17. The first-order valence-corrected chi connectivity index (χ1v) is 10.8. The smallest absolute Gasteiger partial charge is 0.319 e. The summed E-state index contributed by atoms with van der Waals surface area (Å²) in [5.41, 5.74) is 2.37.